The molecule has 0 aliphatic rings. The zero-order valence-electron chi connectivity index (χ0n) is 11.1. The molecule has 1 N–H and O–H groups in total. The van der Waals surface area contributed by atoms with Crippen molar-refractivity contribution in [2.24, 2.45) is 0 Å². The minimum absolute atomic E-state index is 0.0957. The van der Waals surface area contributed by atoms with E-state index in [9.17, 15) is 14.7 Å². The first-order chi connectivity index (χ1) is 9.63. The van der Waals surface area contributed by atoms with Gasteiger partial charge in [0.25, 0.3) is 5.91 Å². The van der Waals surface area contributed by atoms with Gasteiger partial charge in [-0.05, 0) is 24.1 Å². The van der Waals surface area contributed by atoms with Crippen LogP contribution in [0.1, 0.15) is 33.2 Å². The Labute approximate surface area is 117 Å². The largest absolute Gasteiger partial charge is 0.545 e. The van der Waals surface area contributed by atoms with Crippen molar-refractivity contribution in [3.8, 4) is 0 Å². The molecule has 0 atom stereocenters. The Kier molecular flexibility index (Phi) is 4.15. The number of rotatable bonds is 4. The van der Waals surface area contributed by atoms with Crippen LogP contribution in [0, 0.1) is 0 Å². The number of carbonyl (C=O) groups is 2. The zero-order chi connectivity index (χ0) is 14.5. The maximum atomic E-state index is 12.2. The van der Waals surface area contributed by atoms with Crippen LogP contribution in [0.2, 0.25) is 0 Å². The molecular formula is C16H14NO3-. The van der Waals surface area contributed by atoms with Crippen molar-refractivity contribution < 1.29 is 14.7 Å². The summed E-state index contributed by atoms with van der Waals surface area (Å²) in [6, 6.07) is 13.4. The second-order valence-corrected chi connectivity index (χ2v) is 4.30. The standard InChI is InChI=1S/C16H15NO3/c1-2-11-7-3-6-10-14(11)17-15(18)12-8-4-5-9-13(12)16(19)20/h3-10H,2H2,1H3,(H,17,18)(H,19,20)/p-1. The van der Waals surface area contributed by atoms with Crippen molar-refractivity contribution in [3.63, 3.8) is 0 Å². The molecule has 0 spiro atoms. The van der Waals surface area contributed by atoms with Gasteiger partial charge in [0.15, 0.2) is 0 Å². The predicted molar refractivity (Wildman–Crippen MR) is 74.5 cm³/mol. The Bertz CT molecular complexity index is 650. The molecular weight excluding hydrogens is 254 g/mol. The van der Waals surface area contributed by atoms with Crippen LogP contribution < -0.4 is 10.4 Å². The molecule has 0 aliphatic carbocycles. The minimum atomic E-state index is -1.36. The van der Waals surface area contributed by atoms with Gasteiger partial charge >= 0.3 is 0 Å². The third-order valence-electron chi connectivity index (χ3n) is 3.04. The summed E-state index contributed by atoms with van der Waals surface area (Å²) in [5.74, 6) is -1.81. The number of amides is 1. The van der Waals surface area contributed by atoms with Gasteiger partial charge in [-0.15, -0.1) is 0 Å². The van der Waals surface area contributed by atoms with Crippen LogP contribution in [-0.2, 0) is 6.42 Å². The fourth-order valence-corrected chi connectivity index (χ4v) is 2.00. The van der Waals surface area contributed by atoms with Gasteiger partial charge in [0, 0.05) is 16.8 Å². The molecule has 1 amide bonds. The molecule has 0 heterocycles. The first kappa shape index (κ1) is 13.8. The molecule has 4 nitrogen and oxygen atoms in total. The Morgan fingerprint density at radius 3 is 2.25 bits per heavy atom. The fraction of sp³-hybridized carbons (Fsp3) is 0.125. The van der Waals surface area contributed by atoms with Crippen LogP contribution in [0.5, 0.6) is 0 Å². The molecule has 0 radical (unpaired) electrons. The molecule has 0 aromatic heterocycles. The number of aryl methyl sites for hydroxylation is 1. The highest BCUT2D eigenvalue weighted by Crippen LogP contribution is 2.17. The van der Waals surface area contributed by atoms with Crippen molar-refractivity contribution in [2.75, 3.05) is 5.32 Å². The molecule has 2 aromatic carbocycles. The van der Waals surface area contributed by atoms with Gasteiger partial charge in [0.2, 0.25) is 0 Å². The van der Waals surface area contributed by atoms with Gasteiger partial charge in [0.1, 0.15) is 0 Å². The SMILES string of the molecule is CCc1ccccc1NC(=O)c1ccccc1C(=O)[O-]. The minimum Gasteiger partial charge on any atom is -0.545 e. The summed E-state index contributed by atoms with van der Waals surface area (Å²) in [5.41, 5.74) is 1.66. The molecule has 102 valence electrons. The number of para-hydroxylation sites is 1. The number of nitrogens with one attached hydrogen (secondary N) is 1. The van der Waals surface area contributed by atoms with E-state index in [0.717, 1.165) is 12.0 Å². The van der Waals surface area contributed by atoms with E-state index in [1.54, 1.807) is 18.2 Å². The van der Waals surface area contributed by atoms with E-state index in [1.807, 2.05) is 25.1 Å². The average Bonchev–Trinajstić information content (AvgIpc) is 2.47. The summed E-state index contributed by atoms with van der Waals surface area (Å²) in [6.45, 7) is 1.99. The van der Waals surface area contributed by atoms with Crippen molar-refractivity contribution in [1.82, 2.24) is 0 Å². The number of carboxylic acid groups (broad SMARTS) is 1. The molecule has 2 aromatic rings. The van der Waals surface area contributed by atoms with E-state index >= 15 is 0 Å². The van der Waals surface area contributed by atoms with Gasteiger partial charge in [-0.3, -0.25) is 4.79 Å². The maximum Gasteiger partial charge on any atom is 0.256 e. The summed E-state index contributed by atoms with van der Waals surface area (Å²) in [7, 11) is 0. The smallest absolute Gasteiger partial charge is 0.256 e. The van der Waals surface area contributed by atoms with E-state index in [-0.39, 0.29) is 11.1 Å². The third kappa shape index (κ3) is 2.85. The normalized spacial score (nSPS) is 10.1. The second-order valence-electron chi connectivity index (χ2n) is 4.30. The summed E-state index contributed by atoms with van der Waals surface area (Å²) in [4.78, 5) is 23.2. The van der Waals surface area contributed by atoms with Crippen molar-refractivity contribution in [1.29, 1.82) is 0 Å². The summed E-state index contributed by atoms with van der Waals surface area (Å²) in [5, 5.41) is 13.8. The van der Waals surface area contributed by atoms with E-state index in [2.05, 4.69) is 5.32 Å². The van der Waals surface area contributed by atoms with Gasteiger partial charge in [-0.2, -0.15) is 0 Å². The number of hydrogen-bond donors (Lipinski definition) is 1. The van der Waals surface area contributed by atoms with Gasteiger partial charge in [0.05, 0.1) is 5.97 Å². The van der Waals surface area contributed by atoms with Crippen LogP contribution in [0.4, 0.5) is 5.69 Å². The maximum absolute atomic E-state index is 12.2. The highest BCUT2D eigenvalue weighted by atomic mass is 16.4. The van der Waals surface area contributed by atoms with E-state index < -0.39 is 11.9 Å². The lowest BCUT2D eigenvalue weighted by molar-refractivity contribution is -0.255. The van der Waals surface area contributed by atoms with E-state index in [4.69, 9.17) is 0 Å². The fourth-order valence-electron chi connectivity index (χ4n) is 2.00. The molecule has 0 unspecified atom stereocenters. The molecule has 4 heteroatoms. The molecule has 0 bridgehead atoms. The lowest BCUT2D eigenvalue weighted by Gasteiger charge is -2.12. The molecule has 2 rings (SSSR count). The van der Waals surface area contributed by atoms with Crippen LogP contribution in [-0.4, -0.2) is 11.9 Å². The number of carboxylic acids is 1. The summed E-state index contributed by atoms with van der Waals surface area (Å²) in [6.07, 6.45) is 0.776. The molecule has 0 saturated heterocycles. The highest BCUT2D eigenvalue weighted by molar-refractivity contribution is 6.10. The monoisotopic (exact) mass is 268 g/mol. The topological polar surface area (TPSA) is 69.2 Å². The predicted octanol–water partition coefficient (Wildman–Crippen LogP) is 1.86. The van der Waals surface area contributed by atoms with E-state index in [0.29, 0.717) is 5.69 Å². The summed E-state index contributed by atoms with van der Waals surface area (Å²) >= 11 is 0. The number of aromatic carboxylic acids is 1. The third-order valence-corrected chi connectivity index (χ3v) is 3.04. The van der Waals surface area contributed by atoms with Crippen molar-refractivity contribution >= 4 is 17.6 Å². The highest BCUT2D eigenvalue weighted by Gasteiger charge is 2.12. The van der Waals surface area contributed by atoms with Crippen LogP contribution in [0.25, 0.3) is 0 Å². The zero-order valence-corrected chi connectivity index (χ0v) is 11.1. The first-order valence-electron chi connectivity index (χ1n) is 6.33. The molecule has 0 aliphatic heterocycles. The summed E-state index contributed by atoms with van der Waals surface area (Å²) < 4.78 is 0. The lowest BCUT2D eigenvalue weighted by Crippen LogP contribution is -2.26. The lowest BCUT2D eigenvalue weighted by atomic mass is 10.1. The molecule has 0 fully saturated rings. The number of benzene rings is 2. The van der Waals surface area contributed by atoms with Crippen LogP contribution in [0.15, 0.2) is 48.5 Å². The number of anilines is 1. The Balaban J connectivity index is 2.31. The molecule has 0 saturated carbocycles. The Hall–Kier alpha value is -2.62. The molecule has 20 heavy (non-hydrogen) atoms. The first-order valence-corrected chi connectivity index (χ1v) is 6.33. The Morgan fingerprint density at radius 1 is 1.00 bits per heavy atom. The van der Waals surface area contributed by atoms with Gasteiger partial charge in [-0.25, -0.2) is 0 Å². The number of carbonyl (C=O) groups excluding carboxylic acids is 2. The van der Waals surface area contributed by atoms with Gasteiger partial charge in [-0.1, -0.05) is 43.3 Å². The number of hydrogen-bond acceptors (Lipinski definition) is 3. The van der Waals surface area contributed by atoms with Crippen LogP contribution >= 0.6 is 0 Å². The van der Waals surface area contributed by atoms with Crippen molar-refractivity contribution in [3.05, 3.63) is 65.2 Å². The van der Waals surface area contributed by atoms with Crippen molar-refractivity contribution in [2.45, 2.75) is 13.3 Å². The quantitative estimate of drug-likeness (QED) is 0.920. The Morgan fingerprint density at radius 2 is 1.60 bits per heavy atom. The second kappa shape index (κ2) is 6.02. The average molecular weight is 268 g/mol. The van der Waals surface area contributed by atoms with Gasteiger partial charge < -0.3 is 15.2 Å². The van der Waals surface area contributed by atoms with Crippen LogP contribution in [0.3, 0.4) is 0 Å². The van der Waals surface area contributed by atoms with E-state index in [1.165, 1.54) is 12.1 Å².